The van der Waals surface area contributed by atoms with Crippen LogP contribution in [0.2, 0.25) is 0 Å². The molecule has 0 saturated heterocycles. The number of hydrogen-bond donors (Lipinski definition) is 0. The first-order chi connectivity index (χ1) is 10.2. The summed E-state index contributed by atoms with van der Waals surface area (Å²) in [7, 11) is 0. The summed E-state index contributed by atoms with van der Waals surface area (Å²) in [4.78, 5) is 11.5. The molecule has 0 unspecified atom stereocenters. The molecule has 0 amide bonds. The van der Waals surface area contributed by atoms with E-state index < -0.39 is 17.7 Å². The van der Waals surface area contributed by atoms with Crippen LogP contribution in [0.25, 0.3) is 11.3 Å². The largest absolute Gasteiger partial charge is 0.460 e. The van der Waals surface area contributed by atoms with Crippen molar-refractivity contribution in [1.29, 1.82) is 0 Å². The Balaban J connectivity index is 2.47. The topological polar surface area (TPSA) is 39.4 Å². The summed E-state index contributed by atoms with van der Waals surface area (Å²) < 4.78 is 49.2. The molecule has 1 aromatic carbocycles. The summed E-state index contributed by atoms with van der Waals surface area (Å²) in [6.45, 7) is 1.82. The minimum Gasteiger partial charge on any atom is -0.460 e. The fraction of sp³-hybridized carbons (Fsp3) is 0.214. The first kappa shape index (κ1) is 17.1. The highest BCUT2D eigenvalue weighted by Crippen LogP contribution is 2.41. The molecule has 0 radical (unpaired) electrons. The van der Waals surface area contributed by atoms with Crippen molar-refractivity contribution in [2.45, 2.75) is 13.1 Å². The predicted octanol–water partition coefficient (Wildman–Crippen LogP) is 5.67. The Hall–Kier alpha value is -1.28. The van der Waals surface area contributed by atoms with E-state index in [1.807, 2.05) is 0 Å². The highest BCUT2D eigenvalue weighted by molar-refractivity contribution is 9.11. The van der Waals surface area contributed by atoms with Crippen LogP contribution in [0.1, 0.15) is 23.0 Å². The highest BCUT2D eigenvalue weighted by Gasteiger charge is 2.34. The van der Waals surface area contributed by atoms with Crippen LogP contribution in [0.5, 0.6) is 0 Å². The first-order valence-electron chi connectivity index (χ1n) is 6.07. The van der Waals surface area contributed by atoms with Crippen LogP contribution < -0.4 is 0 Å². The van der Waals surface area contributed by atoms with Crippen LogP contribution in [0, 0.1) is 0 Å². The van der Waals surface area contributed by atoms with Crippen LogP contribution in [-0.2, 0) is 10.9 Å². The minimum atomic E-state index is -4.51. The van der Waals surface area contributed by atoms with E-state index in [1.54, 1.807) is 6.92 Å². The maximum atomic E-state index is 13.0. The van der Waals surface area contributed by atoms with Gasteiger partial charge < -0.3 is 9.15 Å². The Kier molecular flexibility index (Phi) is 5.01. The molecule has 118 valence electrons. The second kappa shape index (κ2) is 6.45. The number of furan rings is 1. The van der Waals surface area contributed by atoms with Crippen LogP contribution in [0.3, 0.4) is 0 Å². The summed E-state index contributed by atoms with van der Waals surface area (Å²) in [6, 6.07) is 5.00. The van der Waals surface area contributed by atoms with Crippen molar-refractivity contribution in [1.82, 2.24) is 0 Å². The van der Waals surface area contributed by atoms with Gasteiger partial charge >= 0.3 is 12.1 Å². The SMILES string of the molecule is CCOC(=O)c1ccc(-c2cc(C(F)(F)F)c(Br)cc2Br)o1. The van der Waals surface area contributed by atoms with E-state index in [1.165, 1.54) is 18.2 Å². The van der Waals surface area contributed by atoms with Crippen molar-refractivity contribution < 1.29 is 27.1 Å². The summed E-state index contributed by atoms with van der Waals surface area (Å²) in [5.41, 5.74) is -0.647. The molecule has 2 rings (SSSR count). The van der Waals surface area contributed by atoms with Crippen molar-refractivity contribution in [3.63, 3.8) is 0 Å². The molecule has 1 aromatic heterocycles. The van der Waals surface area contributed by atoms with Gasteiger partial charge in [0.1, 0.15) is 5.76 Å². The molecule has 0 spiro atoms. The molecule has 22 heavy (non-hydrogen) atoms. The standard InChI is InChI=1S/C14H9Br2F3O3/c1-2-21-13(20)12-4-3-11(22-12)7-5-8(14(17,18)19)10(16)6-9(7)15/h3-6H,2H2,1H3. The average Bonchev–Trinajstić information content (AvgIpc) is 2.87. The second-order valence-corrected chi connectivity index (χ2v) is 5.90. The number of benzene rings is 1. The zero-order chi connectivity index (χ0) is 16.5. The lowest BCUT2D eigenvalue weighted by atomic mass is 10.1. The van der Waals surface area contributed by atoms with Crippen molar-refractivity contribution in [2.24, 2.45) is 0 Å². The Labute approximate surface area is 140 Å². The average molecular weight is 442 g/mol. The number of carbonyl (C=O) groups is 1. The van der Waals surface area contributed by atoms with Crippen molar-refractivity contribution in [3.8, 4) is 11.3 Å². The first-order valence-corrected chi connectivity index (χ1v) is 7.66. The number of ether oxygens (including phenoxy) is 1. The van der Waals surface area contributed by atoms with Gasteiger partial charge in [0.15, 0.2) is 0 Å². The van der Waals surface area contributed by atoms with Crippen molar-refractivity contribution >= 4 is 37.8 Å². The fourth-order valence-electron chi connectivity index (χ4n) is 1.75. The summed E-state index contributed by atoms with van der Waals surface area (Å²) in [5, 5.41) is 0. The third-order valence-electron chi connectivity index (χ3n) is 2.71. The van der Waals surface area contributed by atoms with E-state index in [4.69, 9.17) is 9.15 Å². The molecular weight excluding hydrogens is 433 g/mol. The van der Waals surface area contributed by atoms with Gasteiger partial charge in [0.25, 0.3) is 0 Å². The number of alkyl halides is 3. The molecule has 1 heterocycles. The van der Waals surface area contributed by atoms with Crippen molar-refractivity contribution in [2.75, 3.05) is 6.61 Å². The number of hydrogen-bond acceptors (Lipinski definition) is 3. The lowest BCUT2D eigenvalue weighted by Crippen LogP contribution is -2.06. The molecule has 0 N–H and O–H groups in total. The maximum Gasteiger partial charge on any atom is 0.417 e. The third kappa shape index (κ3) is 3.55. The van der Waals surface area contributed by atoms with Gasteiger partial charge in [-0.2, -0.15) is 13.2 Å². The molecule has 0 saturated carbocycles. The Morgan fingerprint density at radius 3 is 2.50 bits per heavy atom. The van der Waals surface area contributed by atoms with Gasteiger partial charge in [-0.1, -0.05) is 15.9 Å². The van der Waals surface area contributed by atoms with Crippen LogP contribution in [0.15, 0.2) is 37.6 Å². The summed E-state index contributed by atoms with van der Waals surface area (Å²) >= 11 is 6.07. The predicted molar refractivity (Wildman–Crippen MR) is 80.5 cm³/mol. The highest BCUT2D eigenvalue weighted by atomic mass is 79.9. The number of carbonyl (C=O) groups excluding carboxylic acids is 1. The van der Waals surface area contributed by atoms with Gasteiger partial charge in [-0.25, -0.2) is 4.79 Å². The molecule has 0 aliphatic carbocycles. The van der Waals surface area contributed by atoms with E-state index in [0.717, 1.165) is 6.07 Å². The van der Waals surface area contributed by atoms with Crippen LogP contribution >= 0.6 is 31.9 Å². The molecule has 3 nitrogen and oxygen atoms in total. The molecule has 8 heteroatoms. The minimum absolute atomic E-state index is 0.0692. The zero-order valence-corrected chi connectivity index (χ0v) is 14.3. The van der Waals surface area contributed by atoms with Gasteiger partial charge in [-0.15, -0.1) is 0 Å². The quantitative estimate of drug-likeness (QED) is 0.576. The van der Waals surface area contributed by atoms with E-state index in [0.29, 0.717) is 4.47 Å². The summed E-state index contributed by atoms with van der Waals surface area (Å²) in [5.74, 6) is -0.605. The maximum absolute atomic E-state index is 13.0. The smallest absolute Gasteiger partial charge is 0.417 e. The molecule has 0 atom stereocenters. The van der Waals surface area contributed by atoms with Gasteiger partial charge in [0.2, 0.25) is 5.76 Å². The summed E-state index contributed by atoms with van der Waals surface area (Å²) in [6.07, 6.45) is -4.51. The van der Waals surface area contributed by atoms with Gasteiger partial charge in [0.05, 0.1) is 12.2 Å². The van der Waals surface area contributed by atoms with Crippen molar-refractivity contribution in [3.05, 3.63) is 44.5 Å². The van der Waals surface area contributed by atoms with Gasteiger partial charge in [-0.3, -0.25) is 0 Å². The van der Waals surface area contributed by atoms with E-state index in [2.05, 4.69) is 31.9 Å². The monoisotopic (exact) mass is 440 g/mol. The van der Waals surface area contributed by atoms with E-state index in [-0.39, 0.29) is 28.2 Å². The Bertz CT molecular complexity index is 708. The molecule has 0 aliphatic rings. The fourth-order valence-corrected chi connectivity index (χ4v) is 3.16. The van der Waals surface area contributed by atoms with Gasteiger partial charge in [-0.05, 0) is 47.1 Å². The number of rotatable bonds is 3. The lowest BCUT2D eigenvalue weighted by Gasteiger charge is -2.12. The molecular formula is C14H9Br2F3O3. The van der Waals surface area contributed by atoms with E-state index >= 15 is 0 Å². The lowest BCUT2D eigenvalue weighted by molar-refractivity contribution is -0.138. The Morgan fingerprint density at radius 1 is 1.23 bits per heavy atom. The van der Waals surface area contributed by atoms with Gasteiger partial charge in [0, 0.05) is 14.5 Å². The van der Waals surface area contributed by atoms with E-state index in [9.17, 15) is 18.0 Å². The molecule has 0 aliphatic heterocycles. The van der Waals surface area contributed by atoms with Crippen LogP contribution in [-0.4, -0.2) is 12.6 Å². The molecule has 0 bridgehead atoms. The molecule has 0 fully saturated rings. The number of halogens is 5. The van der Waals surface area contributed by atoms with Crippen LogP contribution in [0.4, 0.5) is 13.2 Å². The second-order valence-electron chi connectivity index (χ2n) is 4.19. The Morgan fingerprint density at radius 2 is 1.91 bits per heavy atom. The normalized spacial score (nSPS) is 11.5. The third-order valence-corrected chi connectivity index (χ3v) is 4.02. The zero-order valence-electron chi connectivity index (χ0n) is 11.1. The molecule has 2 aromatic rings. The number of esters is 1.